The molecule has 1 aliphatic rings. The van der Waals surface area contributed by atoms with E-state index in [4.69, 9.17) is 4.74 Å². The van der Waals surface area contributed by atoms with Crippen molar-refractivity contribution in [3.8, 4) is 5.88 Å². The predicted octanol–water partition coefficient (Wildman–Crippen LogP) is 3.34. The molecule has 0 saturated carbocycles. The van der Waals surface area contributed by atoms with Gasteiger partial charge in [0.25, 0.3) is 5.91 Å². The molecule has 0 bridgehead atoms. The number of ether oxygens (including phenoxy) is 1. The van der Waals surface area contributed by atoms with Crippen LogP contribution in [0.15, 0.2) is 41.0 Å². The van der Waals surface area contributed by atoms with Crippen molar-refractivity contribution >= 4 is 21.8 Å². The van der Waals surface area contributed by atoms with Crippen molar-refractivity contribution in [1.29, 1.82) is 0 Å². The summed E-state index contributed by atoms with van der Waals surface area (Å²) in [6, 6.07) is 7.92. The Hall–Kier alpha value is -2.03. The molecule has 1 aromatic carbocycles. The average molecular weight is 480 g/mol. The van der Waals surface area contributed by atoms with E-state index in [1.54, 1.807) is 23.2 Å². The molecule has 1 amide bonds. The first-order chi connectivity index (χ1) is 14.3. The highest BCUT2D eigenvalue weighted by molar-refractivity contribution is 9.10. The molecule has 3 rings (SSSR count). The molecule has 0 saturated heterocycles. The molecule has 162 valence electrons. The van der Waals surface area contributed by atoms with Crippen molar-refractivity contribution in [3.63, 3.8) is 0 Å². The first-order valence-electron chi connectivity index (χ1n) is 9.95. The number of fused-ring (bicyclic) bond motifs is 1. The molecule has 0 spiro atoms. The van der Waals surface area contributed by atoms with Crippen LogP contribution in [0.25, 0.3) is 0 Å². The lowest BCUT2D eigenvalue weighted by Crippen LogP contribution is -2.49. The third kappa shape index (κ3) is 5.36. The molecular formula is C22H27BrFN3O3. The monoisotopic (exact) mass is 479 g/mol. The SMILES string of the molecule is C[C@H](CO)N1C[C@H](C)[C@H](CN(C)Cc2cccc(F)c2)Oc2ncc(Br)cc2C1=O. The van der Waals surface area contributed by atoms with Crippen LogP contribution >= 0.6 is 15.9 Å². The van der Waals surface area contributed by atoms with Gasteiger partial charge in [-0.2, -0.15) is 0 Å². The van der Waals surface area contributed by atoms with Crippen LogP contribution in [0.4, 0.5) is 4.39 Å². The summed E-state index contributed by atoms with van der Waals surface area (Å²) < 4.78 is 20.4. The number of hydrogen-bond acceptors (Lipinski definition) is 5. The summed E-state index contributed by atoms with van der Waals surface area (Å²) in [4.78, 5) is 21.2. The van der Waals surface area contributed by atoms with Gasteiger partial charge in [0.2, 0.25) is 5.88 Å². The quantitative estimate of drug-likeness (QED) is 0.688. The maximum atomic E-state index is 13.5. The number of pyridine rings is 1. The summed E-state index contributed by atoms with van der Waals surface area (Å²) in [5, 5.41) is 9.66. The Morgan fingerprint density at radius 1 is 1.43 bits per heavy atom. The first-order valence-corrected chi connectivity index (χ1v) is 10.7. The number of carbonyl (C=O) groups excluding carboxylic acids is 1. The van der Waals surface area contributed by atoms with Crippen LogP contribution in [0, 0.1) is 11.7 Å². The van der Waals surface area contributed by atoms with E-state index in [1.165, 1.54) is 12.1 Å². The fraction of sp³-hybridized carbons (Fsp3) is 0.455. The van der Waals surface area contributed by atoms with E-state index in [-0.39, 0.29) is 42.3 Å². The van der Waals surface area contributed by atoms with Crippen molar-refractivity contribution in [1.82, 2.24) is 14.8 Å². The van der Waals surface area contributed by atoms with Crippen LogP contribution in [-0.4, -0.2) is 64.7 Å². The standard InChI is InChI=1S/C22H27BrFN3O3/c1-14-10-27(15(2)13-28)22(29)19-8-17(23)9-25-21(19)30-20(14)12-26(3)11-16-5-4-6-18(24)7-16/h4-9,14-15,20,28H,10-13H2,1-3H3/t14-,15+,20-/m0/s1. The summed E-state index contributed by atoms with van der Waals surface area (Å²) >= 11 is 3.37. The molecule has 0 radical (unpaired) electrons. The zero-order chi connectivity index (χ0) is 21.8. The van der Waals surface area contributed by atoms with Crippen molar-refractivity contribution in [3.05, 3.63) is 57.9 Å². The maximum absolute atomic E-state index is 13.5. The minimum atomic E-state index is -0.324. The number of likely N-dealkylation sites (N-methyl/N-ethyl adjacent to an activating group) is 1. The summed E-state index contributed by atoms with van der Waals surface area (Å²) in [5.74, 6) is -0.184. The second-order valence-electron chi connectivity index (χ2n) is 7.96. The highest BCUT2D eigenvalue weighted by Gasteiger charge is 2.34. The minimum Gasteiger partial charge on any atom is -0.472 e. The van der Waals surface area contributed by atoms with Gasteiger partial charge in [0.15, 0.2) is 0 Å². The Morgan fingerprint density at radius 2 is 2.20 bits per heavy atom. The molecule has 1 N–H and O–H groups in total. The molecule has 6 nitrogen and oxygen atoms in total. The third-order valence-electron chi connectivity index (χ3n) is 5.32. The van der Waals surface area contributed by atoms with Crippen LogP contribution in [-0.2, 0) is 6.54 Å². The van der Waals surface area contributed by atoms with Gasteiger partial charge in [0, 0.05) is 36.2 Å². The zero-order valence-electron chi connectivity index (χ0n) is 17.4. The number of benzene rings is 1. The van der Waals surface area contributed by atoms with Gasteiger partial charge in [-0.05, 0) is 53.7 Å². The van der Waals surface area contributed by atoms with E-state index in [0.29, 0.717) is 29.7 Å². The predicted molar refractivity (Wildman–Crippen MR) is 116 cm³/mol. The lowest BCUT2D eigenvalue weighted by molar-refractivity contribution is 0.0325. The number of rotatable bonds is 6. The number of amides is 1. The summed E-state index contributed by atoms with van der Waals surface area (Å²) in [6.45, 7) is 5.31. The number of aliphatic hydroxyl groups is 1. The Morgan fingerprint density at radius 3 is 2.90 bits per heavy atom. The summed E-state index contributed by atoms with van der Waals surface area (Å²) in [7, 11) is 1.95. The van der Waals surface area contributed by atoms with E-state index < -0.39 is 0 Å². The van der Waals surface area contributed by atoms with Gasteiger partial charge in [-0.3, -0.25) is 9.69 Å². The highest BCUT2D eigenvalue weighted by Crippen LogP contribution is 2.28. The minimum absolute atomic E-state index is 0.00323. The Labute approximate surface area is 184 Å². The van der Waals surface area contributed by atoms with Crippen molar-refractivity contribution in [2.75, 3.05) is 26.7 Å². The lowest BCUT2D eigenvalue weighted by Gasteiger charge is -2.37. The number of aromatic nitrogens is 1. The smallest absolute Gasteiger partial charge is 0.259 e. The van der Waals surface area contributed by atoms with Gasteiger partial charge < -0.3 is 14.7 Å². The van der Waals surface area contributed by atoms with Crippen molar-refractivity contribution in [2.45, 2.75) is 32.5 Å². The maximum Gasteiger partial charge on any atom is 0.259 e. The first kappa shape index (κ1) is 22.7. The summed E-state index contributed by atoms with van der Waals surface area (Å²) in [5.41, 5.74) is 1.25. The fourth-order valence-corrected chi connectivity index (χ4v) is 3.94. The van der Waals surface area contributed by atoms with Crippen molar-refractivity contribution < 1.29 is 19.0 Å². The molecule has 1 aliphatic heterocycles. The second kappa shape index (κ2) is 9.85. The van der Waals surface area contributed by atoms with E-state index in [1.807, 2.05) is 27.0 Å². The summed E-state index contributed by atoms with van der Waals surface area (Å²) in [6.07, 6.45) is 1.36. The molecule has 2 heterocycles. The molecule has 0 fully saturated rings. The molecule has 1 aromatic heterocycles. The number of aliphatic hydroxyl groups excluding tert-OH is 1. The molecule has 8 heteroatoms. The Balaban J connectivity index is 1.85. The highest BCUT2D eigenvalue weighted by atomic mass is 79.9. The molecule has 3 atom stereocenters. The van der Waals surface area contributed by atoms with Gasteiger partial charge in [0.05, 0.1) is 12.6 Å². The van der Waals surface area contributed by atoms with E-state index in [9.17, 15) is 14.3 Å². The average Bonchev–Trinajstić information content (AvgIpc) is 2.70. The van der Waals surface area contributed by atoms with Gasteiger partial charge in [-0.15, -0.1) is 0 Å². The molecule has 0 unspecified atom stereocenters. The van der Waals surface area contributed by atoms with Crippen LogP contribution in [0.1, 0.15) is 29.8 Å². The van der Waals surface area contributed by atoms with E-state index >= 15 is 0 Å². The lowest BCUT2D eigenvalue weighted by atomic mass is 10.00. The van der Waals surface area contributed by atoms with Crippen LogP contribution in [0.2, 0.25) is 0 Å². The van der Waals surface area contributed by atoms with E-state index in [0.717, 1.165) is 5.56 Å². The molecule has 0 aliphatic carbocycles. The van der Waals surface area contributed by atoms with Gasteiger partial charge in [-0.1, -0.05) is 19.1 Å². The molecule has 2 aromatic rings. The Kier molecular flexibility index (Phi) is 7.44. The zero-order valence-corrected chi connectivity index (χ0v) is 19.0. The Bertz CT molecular complexity index is 898. The number of halogens is 2. The number of nitrogens with zero attached hydrogens (tertiary/aromatic N) is 3. The van der Waals surface area contributed by atoms with Gasteiger partial charge >= 0.3 is 0 Å². The molecule has 30 heavy (non-hydrogen) atoms. The number of carbonyl (C=O) groups is 1. The van der Waals surface area contributed by atoms with Crippen LogP contribution < -0.4 is 4.74 Å². The normalized spacial score (nSPS) is 20.4. The van der Waals surface area contributed by atoms with Crippen LogP contribution in [0.3, 0.4) is 0 Å². The largest absolute Gasteiger partial charge is 0.472 e. The van der Waals surface area contributed by atoms with Crippen molar-refractivity contribution in [2.24, 2.45) is 5.92 Å². The fourth-order valence-electron chi connectivity index (χ4n) is 3.61. The third-order valence-corrected chi connectivity index (χ3v) is 5.75. The molecular weight excluding hydrogens is 453 g/mol. The van der Waals surface area contributed by atoms with Gasteiger partial charge in [-0.25, -0.2) is 9.37 Å². The van der Waals surface area contributed by atoms with E-state index in [2.05, 4.69) is 25.8 Å². The topological polar surface area (TPSA) is 65.9 Å². The van der Waals surface area contributed by atoms with Crippen LogP contribution in [0.5, 0.6) is 5.88 Å². The van der Waals surface area contributed by atoms with Gasteiger partial charge in [0.1, 0.15) is 17.5 Å². The second-order valence-corrected chi connectivity index (χ2v) is 8.87. The number of hydrogen-bond donors (Lipinski definition) is 1.